The highest BCUT2D eigenvalue weighted by Gasteiger charge is 2.20. The summed E-state index contributed by atoms with van der Waals surface area (Å²) < 4.78 is 8.92. The van der Waals surface area contributed by atoms with E-state index < -0.39 is 0 Å². The van der Waals surface area contributed by atoms with Gasteiger partial charge in [0.05, 0.1) is 11.8 Å². The zero-order valence-corrected chi connectivity index (χ0v) is 11.8. The van der Waals surface area contributed by atoms with Crippen molar-refractivity contribution in [3.8, 4) is 0 Å². The van der Waals surface area contributed by atoms with Gasteiger partial charge in [0, 0.05) is 29.8 Å². The molecule has 1 atom stereocenters. The van der Waals surface area contributed by atoms with Gasteiger partial charge in [0.25, 0.3) is 0 Å². The lowest BCUT2D eigenvalue weighted by Crippen LogP contribution is -1.95. The van der Waals surface area contributed by atoms with Crippen molar-refractivity contribution in [1.82, 2.24) is 14.9 Å². The Labute approximate surface area is 121 Å². The summed E-state index contributed by atoms with van der Waals surface area (Å²) in [5.74, 6) is 0.842. The predicted molar refractivity (Wildman–Crippen MR) is 78.9 cm³/mol. The maximum absolute atomic E-state index is 5.65. The van der Waals surface area contributed by atoms with Gasteiger partial charge >= 0.3 is 0 Å². The quantitative estimate of drug-likeness (QED) is 0.758. The van der Waals surface area contributed by atoms with Gasteiger partial charge in [0.2, 0.25) is 0 Å². The van der Waals surface area contributed by atoms with Crippen LogP contribution in [-0.4, -0.2) is 16.8 Å². The van der Waals surface area contributed by atoms with Crippen LogP contribution < -0.4 is 10.0 Å². The van der Waals surface area contributed by atoms with E-state index in [4.69, 9.17) is 4.74 Å². The summed E-state index contributed by atoms with van der Waals surface area (Å²) in [5, 5.41) is 10.7. The van der Waals surface area contributed by atoms with E-state index >= 15 is 0 Å². The first kappa shape index (κ1) is 12.3. The highest BCUT2D eigenvalue weighted by molar-refractivity contribution is 7.97. The number of aromatic amines is 1. The molecule has 1 unspecified atom stereocenters. The molecular weight excluding hydrogens is 272 g/mol. The number of rotatable bonds is 3. The Morgan fingerprint density at radius 1 is 1.35 bits per heavy atom. The van der Waals surface area contributed by atoms with Crippen molar-refractivity contribution < 1.29 is 4.74 Å². The number of hydrogen-bond donors (Lipinski definition) is 3. The Balaban J connectivity index is 1.51. The Hall–Kier alpha value is -1.50. The lowest BCUT2D eigenvalue weighted by molar-refractivity contribution is 0.108. The van der Waals surface area contributed by atoms with Crippen LogP contribution in [0.4, 0.5) is 11.5 Å². The summed E-state index contributed by atoms with van der Waals surface area (Å²) in [4.78, 5) is 1.30. The largest absolute Gasteiger partial charge is 0.372 e. The molecule has 0 bridgehead atoms. The normalized spacial score (nSPS) is 21.1. The van der Waals surface area contributed by atoms with Crippen molar-refractivity contribution in [3.63, 3.8) is 0 Å². The third-order valence-corrected chi connectivity index (χ3v) is 4.56. The van der Waals surface area contributed by atoms with E-state index in [0.29, 0.717) is 0 Å². The maximum Gasteiger partial charge on any atom is 0.152 e. The molecule has 0 aliphatic carbocycles. The molecule has 2 aliphatic heterocycles. The average Bonchev–Trinajstić information content (AvgIpc) is 3.19. The molecule has 1 aromatic carbocycles. The minimum absolute atomic E-state index is 0.179. The fourth-order valence-electron chi connectivity index (χ4n) is 2.62. The molecule has 2 aromatic rings. The van der Waals surface area contributed by atoms with Crippen LogP contribution in [0.5, 0.6) is 0 Å². The monoisotopic (exact) mass is 288 g/mol. The van der Waals surface area contributed by atoms with Crippen LogP contribution in [0.15, 0.2) is 29.2 Å². The van der Waals surface area contributed by atoms with Crippen molar-refractivity contribution in [1.29, 1.82) is 0 Å². The third-order valence-electron chi connectivity index (χ3n) is 3.65. The van der Waals surface area contributed by atoms with Crippen molar-refractivity contribution >= 4 is 23.5 Å². The summed E-state index contributed by atoms with van der Waals surface area (Å²) in [7, 11) is 0. The van der Waals surface area contributed by atoms with Gasteiger partial charge in [-0.25, -0.2) is 0 Å². The van der Waals surface area contributed by atoms with E-state index in [2.05, 4.69) is 38.4 Å². The van der Waals surface area contributed by atoms with Crippen molar-refractivity contribution in [2.75, 3.05) is 11.9 Å². The molecule has 3 N–H and O–H groups in total. The zero-order valence-electron chi connectivity index (χ0n) is 11.0. The van der Waals surface area contributed by atoms with Gasteiger partial charge in [-0.05, 0) is 48.6 Å². The van der Waals surface area contributed by atoms with Crippen molar-refractivity contribution in [2.45, 2.75) is 30.4 Å². The number of benzene rings is 1. The van der Waals surface area contributed by atoms with Gasteiger partial charge in [-0.15, -0.1) is 0 Å². The summed E-state index contributed by atoms with van der Waals surface area (Å²) in [6, 6.07) is 8.42. The zero-order chi connectivity index (χ0) is 13.4. The molecule has 2 aliphatic rings. The smallest absolute Gasteiger partial charge is 0.152 e. The SMILES string of the molecule is c1cc2c(cc1Nc1cc(C3CCCO3)[nH]n1)CNS2. The van der Waals surface area contributed by atoms with E-state index in [0.717, 1.165) is 43.2 Å². The first-order valence-electron chi connectivity index (χ1n) is 6.85. The first-order valence-corrected chi connectivity index (χ1v) is 7.67. The Morgan fingerprint density at radius 3 is 3.25 bits per heavy atom. The van der Waals surface area contributed by atoms with Crippen LogP contribution in [-0.2, 0) is 11.3 Å². The standard InChI is InChI=1S/C14H16N4OS/c1-2-12(19-5-1)11-7-14(18-17-11)16-10-3-4-13-9(6-10)8-15-20-13/h3-4,6-7,12,15H,1-2,5,8H2,(H2,16,17,18). The number of aromatic nitrogens is 2. The van der Waals surface area contributed by atoms with E-state index in [1.165, 1.54) is 10.5 Å². The number of ether oxygens (including phenoxy) is 1. The number of fused-ring (bicyclic) bond motifs is 1. The lowest BCUT2D eigenvalue weighted by Gasteiger charge is -2.05. The molecule has 1 saturated heterocycles. The van der Waals surface area contributed by atoms with Crippen LogP contribution in [0.1, 0.15) is 30.2 Å². The first-order chi connectivity index (χ1) is 9.88. The maximum atomic E-state index is 5.65. The van der Waals surface area contributed by atoms with Gasteiger partial charge < -0.3 is 10.1 Å². The minimum atomic E-state index is 0.179. The average molecular weight is 288 g/mol. The summed E-state index contributed by atoms with van der Waals surface area (Å²) >= 11 is 1.69. The molecular formula is C14H16N4OS. The lowest BCUT2D eigenvalue weighted by atomic mass is 10.2. The number of H-pyrrole nitrogens is 1. The third kappa shape index (κ3) is 2.30. The molecule has 0 radical (unpaired) electrons. The molecule has 1 fully saturated rings. The van der Waals surface area contributed by atoms with Gasteiger partial charge in [0.15, 0.2) is 5.82 Å². The van der Waals surface area contributed by atoms with Gasteiger partial charge in [-0.3, -0.25) is 9.82 Å². The van der Waals surface area contributed by atoms with Crippen LogP contribution in [0.2, 0.25) is 0 Å². The summed E-state index contributed by atoms with van der Waals surface area (Å²) in [5.41, 5.74) is 3.46. The number of nitrogens with zero attached hydrogens (tertiary/aromatic N) is 1. The molecule has 6 heteroatoms. The Bertz CT molecular complexity index is 621. The van der Waals surface area contributed by atoms with E-state index in [1.54, 1.807) is 11.9 Å². The number of nitrogens with one attached hydrogen (secondary N) is 3. The van der Waals surface area contributed by atoms with Crippen molar-refractivity contribution in [3.05, 3.63) is 35.5 Å². The highest BCUT2D eigenvalue weighted by Crippen LogP contribution is 2.31. The van der Waals surface area contributed by atoms with Crippen LogP contribution in [0.3, 0.4) is 0 Å². The molecule has 0 spiro atoms. The molecule has 0 amide bonds. The second-order valence-electron chi connectivity index (χ2n) is 5.08. The highest BCUT2D eigenvalue weighted by atomic mass is 32.2. The Morgan fingerprint density at radius 2 is 2.35 bits per heavy atom. The molecule has 1 aromatic heterocycles. The van der Waals surface area contributed by atoms with Gasteiger partial charge in [-0.1, -0.05) is 0 Å². The molecule has 104 valence electrons. The molecule has 4 rings (SSSR count). The fraction of sp³-hybridized carbons (Fsp3) is 0.357. The van der Waals surface area contributed by atoms with Crippen LogP contribution >= 0.6 is 11.9 Å². The molecule has 0 saturated carbocycles. The van der Waals surface area contributed by atoms with E-state index in [-0.39, 0.29) is 6.10 Å². The number of anilines is 2. The molecule has 20 heavy (non-hydrogen) atoms. The predicted octanol–water partition coefficient (Wildman–Crippen LogP) is 3.12. The van der Waals surface area contributed by atoms with E-state index in [1.807, 2.05) is 6.07 Å². The topological polar surface area (TPSA) is 62.0 Å². The van der Waals surface area contributed by atoms with Crippen LogP contribution in [0.25, 0.3) is 0 Å². The summed E-state index contributed by atoms with van der Waals surface area (Å²) in [6.45, 7) is 1.76. The molecule has 5 nitrogen and oxygen atoms in total. The van der Waals surface area contributed by atoms with E-state index in [9.17, 15) is 0 Å². The second-order valence-corrected chi connectivity index (χ2v) is 6.01. The van der Waals surface area contributed by atoms with Crippen LogP contribution in [0, 0.1) is 0 Å². The summed E-state index contributed by atoms with van der Waals surface area (Å²) in [6.07, 6.45) is 2.38. The fourth-order valence-corrected chi connectivity index (χ4v) is 3.40. The van der Waals surface area contributed by atoms with Crippen molar-refractivity contribution in [2.24, 2.45) is 0 Å². The number of hydrogen-bond acceptors (Lipinski definition) is 5. The second kappa shape index (κ2) is 5.12. The minimum Gasteiger partial charge on any atom is -0.372 e. The van der Waals surface area contributed by atoms with Gasteiger partial charge in [0.1, 0.15) is 0 Å². The molecule has 3 heterocycles. The van der Waals surface area contributed by atoms with Gasteiger partial charge in [-0.2, -0.15) is 5.10 Å². The Kier molecular flexibility index (Phi) is 3.14.